The maximum Gasteiger partial charge on any atom is 0.328 e. The van der Waals surface area contributed by atoms with Crippen LogP contribution in [0.25, 0.3) is 0 Å². The first-order valence-electron chi connectivity index (χ1n) is 4.84. The fourth-order valence-electron chi connectivity index (χ4n) is 0.993. The van der Waals surface area contributed by atoms with Crippen LogP contribution in [-0.2, 0) is 11.3 Å². The Morgan fingerprint density at radius 3 is 2.65 bits per heavy atom. The quantitative estimate of drug-likeness (QED) is 0.795. The lowest BCUT2D eigenvalue weighted by Gasteiger charge is -2.21. The number of urea groups is 1. The average molecular weight is 321 g/mol. The predicted octanol–water partition coefficient (Wildman–Crippen LogP) is 2.17. The molecule has 5 nitrogen and oxygen atoms in total. The molecule has 1 aromatic heterocycles. The number of rotatable bonds is 4. The highest BCUT2D eigenvalue weighted by atomic mass is 79.9. The molecule has 17 heavy (non-hydrogen) atoms. The lowest BCUT2D eigenvalue weighted by Crippen LogP contribution is -2.52. The first-order valence-corrected chi connectivity index (χ1v) is 6.51. The van der Waals surface area contributed by atoms with E-state index in [-0.39, 0.29) is 0 Å². The van der Waals surface area contributed by atoms with Gasteiger partial charge in [0, 0.05) is 9.35 Å². The monoisotopic (exact) mass is 320 g/mol. The van der Waals surface area contributed by atoms with Crippen molar-refractivity contribution in [2.45, 2.75) is 25.9 Å². The van der Waals surface area contributed by atoms with Crippen LogP contribution in [0.4, 0.5) is 4.79 Å². The molecule has 0 atom stereocenters. The number of thiophene rings is 1. The molecular formula is C10H13BrN2O3S. The summed E-state index contributed by atoms with van der Waals surface area (Å²) >= 11 is 4.86. The number of carboxylic acid groups (broad SMARTS) is 1. The highest BCUT2D eigenvalue weighted by molar-refractivity contribution is 9.10. The molecule has 0 bridgehead atoms. The molecule has 0 spiro atoms. The molecule has 3 N–H and O–H groups in total. The van der Waals surface area contributed by atoms with Gasteiger partial charge in [0.1, 0.15) is 5.54 Å². The summed E-state index contributed by atoms with van der Waals surface area (Å²) in [4.78, 5) is 23.2. The van der Waals surface area contributed by atoms with Crippen molar-refractivity contribution < 1.29 is 14.7 Å². The Morgan fingerprint density at radius 2 is 2.18 bits per heavy atom. The Hall–Kier alpha value is -1.08. The van der Waals surface area contributed by atoms with E-state index in [2.05, 4.69) is 26.6 Å². The van der Waals surface area contributed by atoms with Crippen molar-refractivity contribution in [3.63, 3.8) is 0 Å². The van der Waals surface area contributed by atoms with Crippen LogP contribution >= 0.6 is 27.3 Å². The molecule has 0 saturated heterocycles. The number of hydrogen-bond donors (Lipinski definition) is 3. The molecule has 0 aliphatic rings. The highest BCUT2D eigenvalue weighted by Crippen LogP contribution is 2.22. The molecule has 0 aromatic carbocycles. The summed E-state index contributed by atoms with van der Waals surface area (Å²) in [5.41, 5.74) is -1.28. The number of hydrogen-bond acceptors (Lipinski definition) is 3. The van der Waals surface area contributed by atoms with E-state index in [4.69, 9.17) is 5.11 Å². The Bertz CT molecular complexity index is 431. The van der Waals surface area contributed by atoms with E-state index >= 15 is 0 Å². The van der Waals surface area contributed by atoms with Gasteiger partial charge in [-0.3, -0.25) is 0 Å². The molecule has 0 aliphatic carbocycles. The summed E-state index contributed by atoms with van der Waals surface area (Å²) in [6.45, 7) is 3.21. The number of nitrogens with one attached hydrogen (secondary N) is 2. The summed E-state index contributed by atoms with van der Waals surface area (Å²) in [7, 11) is 0. The Labute approximate surface area is 111 Å². The van der Waals surface area contributed by atoms with Crippen molar-refractivity contribution in [2.75, 3.05) is 0 Å². The van der Waals surface area contributed by atoms with Crippen molar-refractivity contribution in [1.29, 1.82) is 0 Å². The predicted molar refractivity (Wildman–Crippen MR) is 69.1 cm³/mol. The van der Waals surface area contributed by atoms with Crippen LogP contribution in [-0.4, -0.2) is 22.6 Å². The van der Waals surface area contributed by atoms with Gasteiger partial charge in [0.25, 0.3) is 0 Å². The second-order valence-electron chi connectivity index (χ2n) is 3.93. The SMILES string of the molecule is CC(C)(NC(=O)NCc1sccc1Br)C(=O)O. The molecule has 0 aliphatic heterocycles. The average Bonchev–Trinajstić information content (AvgIpc) is 2.60. The second-order valence-corrected chi connectivity index (χ2v) is 5.78. The van der Waals surface area contributed by atoms with Gasteiger partial charge < -0.3 is 15.7 Å². The minimum atomic E-state index is -1.28. The Kier molecular flexibility index (Phi) is 4.53. The smallest absolute Gasteiger partial charge is 0.328 e. The molecule has 0 radical (unpaired) electrons. The third kappa shape index (κ3) is 4.01. The molecule has 1 aromatic rings. The van der Waals surface area contributed by atoms with Gasteiger partial charge in [-0.25, -0.2) is 9.59 Å². The number of carboxylic acids is 1. The van der Waals surface area contributed by atoms with Crippen LogP contribution in [0, 0.1) is 0 Å². The van der Waals surface area contributed by atoms with E-state index in [1.165, 1.54) is 25.2 Å². The van der Waals surface area contributed by atoms with Crippen molar-refractivity contribution in [2.24, 2.45) is 0 Å². The fraction of sp³-hybridized carbons (Fsp3) is 0.400. The zero-order chi connectivity index (χ0) is 13.1. The lowest BCUT2D eigenvalue weighted by atomic mass is 10.1. The van der Waals surface area contributed by atoms with Crippen LogP contribution in [0.2, 0.25) is 0 Å². The topological polar surface area (TPSA) is 78.4 Å². The number of halogens is 1. The highest BCUT2D eigenvalue weighted by Gasteiger charge is 2.28. The van der Waals surface area contributed by atoms with Crippen LogP contribution < -0.4 is 10.6 Å². The summed E-state index contributed by atoms with van der Waals surface area (Å²) in [6, 6.07) is 1.39. The number of amides is 2. The van der Waals surface area contributed by atoms with E-state index in [1.54, 1.807) is 0 Å². The summed E-state index contributed by atoms with van der Waals surface area (Å²) in [5, 5.41) is 15.7. The van der Waals surface area contributed by atoms with Crippen molar-refractivity contribution in [3.8, 4) is 0 Å². The number of carbonyl (C=O) groups excluding carboxylic acids is 1. The minimum absolute atomic E-state index is 0.361. The van der Waals surface area contributed by atoms with Gasteiger partial charge in [-0.15, -0.1) is 11.3 Å². The van der Waals surface area contributed by atoms with Gasteiger partial charge in [0.15, 0.2) is 0 Å². The van der Waals surface area contributed by atoms with E-state index < -0.39 is 17.5 Å². The zero-order valence-electron chi connectivity index (χ0n) is 9.41. The number of aliphatic carboxylic acids is 1. The summed E-state index contributed by atoms with van der Waals surface area (Å²) < 4.78 is 0.931. The largest absolute Gasteiger partial charge is 0.480 e. The molecule has 2 amide bonds. The maximum atomic E-state index is 11.5. The van der Waals surface area contributed by atoms with Crippen LogP contribution in [0.15, 0.2) is 15.9 Å². The van der Waals surface area contributed by atoms with Crippen molar-refractivity contribution in [1.82, 2.24) is 10.6 Å². The lowest BCUT2D eigenvalue weighted by molar-refractivity contribution is -0.142. The van der Waals surface area contributed by atoms with Gasteiger partial charge in [0.05, 0.1) is 6.54 Å². The summed E-state index contributed by atoms with van der Waals surface area (Å²) in [5.74, 6) is -1.08. The van der Waals surface area contributed by atoms with Gasteiger partial charge in [0.2, 0.25) is 0 Å². The first kappa shape index (κ1) is 14.0. The molecule has 0 fully saturated rings. The van der Waals surface area contributed by atoms with E-state index in [9.17, 15) is 9.59 Å². The Morgan fingerprint density at radius 1 is 1.53 bits per heavy atom. The molecule has 1 rings (SSSR count). The molecule has 7 heteroatoms. The minimum Gasteiger partial charge on any atom is -0.480 e. The van der Waals surface area contributed by atoms with Gasteiger partial charge >= 0.3 is 12.0 Å². The molecule has 0 unspecified atom stereocenters. The van der Waals surface area contributed by atoms with Gasteiger partial charge in [-0.2, -0.15) is 0 Å². The number of carbonyl (C=O) groups is 2. The van der Waals surface area contributed by atoms with E-state index in [1.807, 2.05) is 11.4 Å². The maximum absolute atomic E-state index is 11.5. The summed E-state index contributed by atoms with van der Waals surface area (Å²) in [6.07, 6.45) is 0. The third-order valence-corrected chi connectivity index (χ3v) is 3.99. The third-order valence-electron chi connectivity index (χ3n) is 2.06. The van der Waals surface area contributed by atoms with E-state index in [0.29, 0.717) is 6.54 Å². The van der Waals surface area contributed by atoms with Crippen molar-refractivity contribution in [3.05, 3.63) is 20.8 Å². The zero-order valence-corrected chi connectivity index (χ0v) is 11.8. The van der Waals surface area contributed by atoms with Gasteiger partial charge in [-0.1, -0.05) is 0 Å². The van der Waals surface area contributed by atoms with Crippen LogP contribution in [0.3, 0.4) is 0 Å². The van der Waals surface area contributed by atoms with Crippen LogP contribution in [0.5, 0.6) is 0 Å². The van der Waals surface area contributed by atoms with Crippen LogP contribution in [0.1, 0.15) is 18.7 Å². The normalized spacial score (nSPS) is 11.0. The molecule has 1 heterocycles. The molecular weight excluding hydrogens is 308 g/mol. The van der Waals surface area contributed by atoms with Crippen molar-refractivity contribution >= 4 is 39.3 Å². The van der Waals surface area contributed by atoms with Gasteiger partial charge in [-0.05, 0) is 41.2 Å². The standard InChI is InChI=1S/C10H13BrN2O3S/c1-10(2,8(14)15)13-9(16)12-5-7-6(11)3-4-17-7/h3-4H,5H2,1-2H3,(H,14,15)(H2,12,13,16). The second kappa shape index (κ2) is 5.50. The first-order chi connectivity index (χ1) is 7.83. The fourth-order valence-corrected chi connectivity index (χ4v) is 2.43. The Balaban J connectivity index is 2.46. The molecule has 94 valence electrons. The molecule has 0 saturated carbocycles. The van der Waals surface area contributed by atoms with E-state index in [0.717, 1.165) is 9.35 Å².